The Bertz CT molecular complexity index is 1640. The van der Waals surface area contributed by atoms with E-state index in [1.54, 1.807) is 17.1 Å². The van der Waals surface area contributed by atoms with Gasteiger partial charge in [0.05, 0.1) is 19.2 Å². The zero-order chi connectivity index (χ0) is 28.3. The predicted octanol–water partition coefficient (Wildman–Crippen LogP) is 6.36. The summed E-state index contributed by atoms with van der Waals surface area (Å²) in [6.07, 6.45) is 6.76. The van der Waals surface area contributed by atoms with Gasteiger partial charge >= 0.3 is 0 Å². The molecule has 5 aromatic rings. The van der Waals surface area contributed by atoms with Gasteiger partial charge in [0.15, 0.2) is 17.3 Å². The molecule has 0 bridgehead atoms. The van der Waals surface area contributed by atoms with Crippen molar-refractivity contribution in [2.45, 2.75) is 25.2 Å². The lowest BCUT2D eigenvalue weighted by Gasteiger charge is -2.32. The fourth-order valence-corrected chi connectivity index (χ4v) is 5.79. The molecule has 9 heteroatoms. The molecule has 0 atom stereocenters. The molecule has 1 aliphatic heterocycles. The Hall–Kier alpha value is -4.24. The van der Waals surface area contributed by atoms with E-state index in [0.717, 1.165) is 61.5 Å². The minimum atomic E-state index is -0.345. The van der Waals surface area contributed by atoms with Crippen LogP contribution < -0.4 is 9.47 Å². The molecule has 7 nitrogen and oxygen atoms in total. The highest BCUT2D eigenvalue weighted by Crippen LogP contribution is 2.37. The molecule has 3 heterocycles. The predicted molar refractivity (Wildman–Crippen MR) is 155 cm³/mol. The highest BCUT2D eigenvalue weighted by Gasteiger charge is 2.25. The lowest BCUT2D eigenvalue weighted by atomic mass is 9.89. The first kappa shape index (κ1) is 27.0. The van der Waals surface area contributed by atoms with E-state index in [9.17, 15) is 8.78 Å². The van der Waals surface area contributed by atoms with Gasteiger partial charge in [-0.3, -0.25) is 0 Å². The van der Waals surface area contributed by atoms with Gasteiger partial charge in [0, 0.05) is 42.5 Å². The number of nitrogens with zero attached hydrogens (tertiary/aromatic N) is 5. The number of benzene rings is 3. The van der Waals surface area contributed by atoms with Crippen molar-refractivity contribution in [3.8, 4) is 28.6 Å². The molecule has 0 amide bonds. The van der Waals surface area contributed by atoms with Gasteiger partial charge in [0.1, 0.15) is 18.0 Å². The fraction of sp³-hybridized carbons (Fsp3) is 0.312. The first-order chi connectivity index (χ1) is 20.0. The van der Waals surface area contributed by atoms with Crippen LogP contribution in [0.15, 0.2) is 73.2 Å². The Morgan fingerprint density at radius 2 is 1.71 bits per heavy atom. The summed E-state index contributed by atoms with van der Waals surface area (Å²) in [5, 5.41) is 5.43. The zero-order valence-electron chi connectivity index (χ0n) is 23.3. The average Bonchev–Trinajstić information content (AvgIpc) is 3.60. The molecule has 0 spiro atoms. The van der Waals surface area contributed by atoms with Crippen LogP contribution in [0.25, 0.3) is 28.0 Å². The van der Waals surface area contributed by atoms with E-state index in [2.05, 4.69) is 43.9 Å². The zero-order valence-corrected chi connectivity index (χ0v) is 23.3. The second-order valence-corrected chi connectivity index (χ2v) is 10.5. The van der Waals surface area contributed by atoms with Crippen LogP contribution in [0.4, 0.5) is 8.78 Å². The number of aromatic nitrogens is 4. The van der Waals surface area contributed by atoms with Crippen molar-refractivity contribution >= 4 is 10.9 Å². The molecule has 1 aliphatic rings. The Morgan fingerprint density at radius 3 is 2.44 bits per heavy atom. The van der Waals surface area contributed by atoms with Crippen molar-refractivity contribution in [2.24, 2.45) is 7.05 Å². The molecule has 0 saturated carbocycles. The molecule has 0 N–H and O–H groups in total. The number of ether oxygens (including phenoxy) is 2. The summed E-state index contributed by atoms with van der Waals surface area (Å²) in [7, 11) is 3.41. The number of hydrogen-bond acceptors (Lipinski definition) is 5. The third-order valence-electron chi connectivity index (χ3n) is 7.94. The molecule has 6 rings (SSSR count). The normalized spacial score (nSPS) is 14.5. The van der Waals surface area contributed by atoms with E-state index in [-0.39, 0.29) is 11.6 Å². The summed E-state index contributed by atoms with van der Waals surface area (Å²) in [5.41, 5.74) is 4.35. The van der Waals surface area contributed by atoms with Crippen molar-refractivity contribution < 1.29 is 18.3 Å². The number of fused-ring (bicyclic) bond motifs is 1. The van der Waals surface area contributed by atoms with E-state index < -0.39 is 0 Å². The second kappa shape index (κ2) is 11.7. The Morgan fingerprint density at radius 1 is 0.927 bits per heavy atom. The summed E-state index contributed by atoms with van der Waals surface area (Å²) in [4.78, 5) is 6.93. The minimum Gasteiger partial charge on any atom is -0.493 e. The number of halogens is 2. The first-order valence-corrected chi connectivity index (χ1v) is 13.9. The summed E-state index contributed by atoms with van der Waals surface area (Å²) in [6, 6.07) is 17.4. The minimum absolute atomic E-state index is 0.246. The number of likely N-dealkylation sites (tertiary alicyclic amines) is 1. The van der Waals surface area contributed by atoms with Crippen molar-refractivity contribution in [2.75, 3.05) is 33.4 Å². The summed E-state index contributed by atoms with van der Waals surface area (Å²) in [5.74, 6) is 1.61. The highest BCUT2D eigenvalue weighted by atomic mass is 19.1. The largest absolute Gasteiger partial charge is 0.493 e. The van der Waals surface area contributed by atoms with Crippen LogP contribution in [0, 0.1) is 11.6 Å². The highest BCUT2D eigenvalue weighted by molar-refractivity contribution is 5.89. The number of piperidine rings is 1. The smallest absolute Gasteiger partial charge is 0.163 e. The van der Waals surface area contributed by atoms with Crippen molar-refractivity contribution in [3.63, 3.8) is 0 Å². The molecule has 0 unspecified atom stereocenters. The van der Waals surface area contributed by atoms with Crippen molar-refractivity contribution in [1.29, 1.82) is 0 Å². The average molecular weight is 558 g/mol. The Labute approximate surface area is 237 Å². The third kappa shape index (κ3) is 5.67. The lowest BCUT2D eigenvalue weighted by molar-refractivity contribution is 0.191. The molecule has 0 aliphatic carbocycles. The van der Waals surface area contributed by atoms with E-state index in [0.29, 0.717) is 24.0 Å². The summed E-state index contributed by atoms with van der Waals surface area (Å²) in [6.45, 7) is 3.47. The number of rotatable bonds is 9. The topological polar surface area (TPSA) is 57.3 Å². The third-order valence-corrected chi connectivity index (χ3v) is 7.94. The van der Waals surface area contributed by atoms with Gasteiger partial charge < -0.3 is 18.9 Å². The van der Waals surface area contributed by atoms with Gasteiger partial charge in [0.25, 0.3) is 0 Å². The number of hydrogen-bond donors (Lipinski definition) is 0. The molecule has 1 fully saturated rings. The maximum absolute atomic E-state index is 13.7. The molecule has 1 saturated heterocycles. The van der Waals surface area contributed by atoms with E-state index in [4.69, 9.17) is 9.47 Å². The van der Waals surface area contributed by atoms with Crippen LogP contribution in [0.1, 0.15) is 30.7 Å². The van der Waals surface area contributed by atoms with Gasteiger partial charge in [-0.25, -0.2) is 18.4 Å². The van der Waals surface area contributed by atoms with E-state index in [1.807, 2.05) is 19.2 Å². The fourth-order valence-electron chi connectivity index (χ4n) is 5.79. The summed E-state index contributed by atoms with van der Waals surface area (Å²) < 4.78 is 42.2. The van der Waals surface area contributed by atoms with E-state index in [1.165, 1.54) is 42.3 Å². The monoisotopic (exact) mass is 557 g/mol. The van der Waals surface area contributed by atoms with Crippen molar-refractivity contribution in [1.82, 2.24) is 24.2 Å². The Balaban J connectivity index is 1.16. The SMILES string of the molecule is COc1cc(F)ccc1OCCCN1CCC(c2cn(-c3ccc(F)cc3)c3ccc(-c4ncnn4C)cc23)CC1. The van der Waals surface area contributed by atoms with Crippen molar-refractivity contribution in [3.05, 3.63) is 90.4 Å². The maximum Gasteiger partial charge on any atom is 0.163 e. The number of aryl methyl sites for hydroxylation is 1. The van der Waals surface area contributed by atoms with Crippen LogP contribution in [-0.2, 0) is 7.05 Å². The molecule has 41 heavy (non-hydrogen) atoms. The summed E-state index contributed by atoms with van der Waals surface area (Å²) >= 11 is 0. The molecule has 3 aromatic carbocycles. The van der Waals surface area contributed by atoms with Gasteiger partial charge in [-0.05, 0) is 98.4 Å². The molecule has 0 radical (unpaired) electrons. The Kier molecular flexibility index (Phi) is 7.69. The number of methoxy groups -OCH3 is 1. The first-order valence-electron chi connectivity index (χ1n) is 13.9. The molecular formula is C32H33F2N5O2. The van der Waals surface area contributed by atoms with Crippen LogP contribution in [-0.4, -0.2) is 57.6 Å². The maximum atomic E-state index is 13.7. The quantitative estimate of drug-likeness (QED) is 0.197. The van der Waals surface area contributed by atoms with E-state index >= 15 is 0 Å². The van der Waals surface area contributed by atoms with Crippen LogP contribution in [0.2, 0.25) is 0 Å². The second-order valence-electron chi connectivity index (χ2n) is 10.5. The van der Waals surface area contributed by atoms with Gasteiger partial charge in [-0.1, -0.05) is 0 Å². The molecule has 2 aromatic heterocycles. The van der Waals surface area contributed by atoms with Crippen LogP contribution in [0.3, 0.4) is 0 Å². The van der Waals surface area contributed by atoms with Crippen LogP contribution >= 0.6 is 0 Å². The standard InChI is InChI=1S/C32H33F2N5O2/c1-37-32(35-21-36-37)23-4-10-29-27(18-23)28(20-39(29)26-8-5-24(33)6-9-26)22-12-15-38(16-13-22)14-3-17-41-30-11-7-25(34)19-31(30)40-2/h4-11,18-22H,3,12-17H2,1-2H3. The molecular weight excluding hydrogens is 524 g/mol. The van der Waals surface area contributed by atoms with Gasteiger partial charge in [-0.15, -0.1) is 0 Å². The van der Waals surface area contributed by atoms with Gasteiger partial charge in [-0.2, -0.15) is 5.10 Å². The van der Waals surface area contributed by atoms with Crippen LogP contribution in [0.5, 0.6) is 11.5 Å². The van der Waals surface area contributed by atoms with Gasteiger partial charge in [0.2, 0.25) is 0 Å². The lowest BCUT2D eigenvalue weighted by Crippen LogP contribution is -2.34. The molecule has 212 valence electrons.